The molecule has 0 amide bonds. The normalized spacial score (nSPS) is 22.8. The lowest BCUT2D eigenvalue weighted by Gasteiger charge is -2.40. The van der Waals surface area contributed by atoms with Crippen molar-refractivity contribution < 1.29 is 4.74 Å². The summed E-state index contributed by atoms with van der Waals surface area (Å²) in [6, 6.07) is 4.33. The van der Waals surface area contributed by atoms with Gasteiger partial charge in [-0.1, -0.05) is 31.5 Å². The van der Waals surface area contributed by atoms with Gasteiger partial charge >= 0.3 is 0 Å². The van der Waals surface area contributed by atoms with Crippen molar-refractivity contribution in [1.82, 2.24) is 4.90 Å². The zero-order chi connectivity index (χ0) is 19.5. The fraction of sp³-hybridized carbons (Fsp3) is 0.619. The number of aryl methyl sites for hydroxylation is 3. The van der Waals surface area contributed by atoms with Crippen molar-refractivity contribution in [2.45, 2.75) is 66.2 Å². The second kappa shape index (κ2) is 8.31. The Morgan fingerprint density at radius 2 is 1.62 bits per heavy atom. The minimum atomic E-state index is -0.857. The molecule has 0 spiro atoms. The van der Waals surface area contributed by atoms with Crippen LogP contribution in [0.25, 0.3) is 0 Å². The Balaban J connectivity index is 2.55. The smallest absolute Gasteiger partial charge is 0.223 e. The monoisotopic (exact) mass is 358 g/mol. The van der Waals surface area contributed by atoms with Crippen LogP contribution in [0.1, 0.15) is 55.9 Å². The molecule has 5 heteroatoms. The number of aliphatic imine (C=N–C) groups is 2. The molecular weight excluding hydrogens is 324 g/mol. The van der Waals surface area contributed by atoms with Gasteiger partial charge in [0.05, 0.1) is 0 Å². The molecule has 2 unspecified atom stereocenters. The van der Waals surface area contributed by atoms with Gasteiger partial charge in [0.25, 0.3) is 0 Å². The van der Waals surface area contributed by atoms with Gasteiger partial charge in [-0.2, -0.15) is 0 Å². The third kappa shape index (κ3) is 3.69. The average Bonchev–Trinajstić information content (AvgIpc) is 2.56. The molecule has 1 aromatic rings. The molecule has 5 nitrogen and oxygen atoms in total. The van der Waals surface area contributed by atoms with Gasteiger partial charge in [0.1, 0.15) is 5.54 Å². The number of rotatable bonds is 6. The summed E-state index contributed by atoms with van der Waals surface area (Å²) in [5, 5.41) is 0. The van der Waals surface area contributed by atoms with E-state index >= 15 is 0 Å². The molecule has 1 aliphatic rings. The highest BCUT2D eigenvalue weighted by atomic mass is 16.5. The summed E-state index contributed by atoms with van der Waals surface area (Å²) in [6.07, 6.45) is 1.61. The SMILES string of the molecule is CCCN(CCC)C1=NC(OC)C(N)(c2c(C)cc(C)cc2C)C(C)=N1. The minimum Gasteiger partial charge on any atom is -0.357 e. The maximum absolute atomic E-state index is 6.96. The first-order chi connectivity index (χ1) is 12.3. The lowest BCUT2D eigenvalue weighted by molar-refractivity contribution is 0.0635. The van der Waals surface area contributed by atoms with Crippen molar-refractivity contribution in [1.29, 1.82) is 0 Å². The Kier molecular flexibility index (Phi) is 6.58. The highest BCUT2D eigenvalue weighted by Crippen LogP contribution is 2.35. The van der Waals surface area contributed by atoms with Gasteiger partial charge in [-0.15, -0.1) is 0 Å². The molecule has 0 aliphatic carbocycles. The van der Waals surface area contributed by atoms with E-state index in [9.17, 15) is 0 Å². The van der Waals surface area contributed by atoms with Gasteiger partial charge in [0.15, 0.2) is 6.23 Å². The van der Waals surface area contributed by atoms with Crippen LogP contribution < -0.4 is 5.73 Å². The summed E-state index contributed by atoms with van der Waals surface area (Å²) < 4.78 is 5.79. The molecule has 0 bridgehead atoms. The molecule has 1 aliphatic heterocycles. The van der Waals surface area contributed by atoms with Crippen LogP contribution in [0.4, 0.5) is 0 Å². The standard InChI is InChI=1S/C21H34N4O/c1-8-10-25(11-9-2)20-23-17(6)21(22,19(24-20)26-7)18-15(4)12-14(3)13-16(18)5/h12-13,19H,8-11,22H2,1-7H3. The van der Waals surface area contributed by atoms with Crippen LogP contribution in [0.5, 0.6) is 0 Å². The highest BCUT2D eigenvalue weighted by Gasteiger charge is 2.45. The fourth-order valence-corrected chi connectivity index (χ4v) is 4.04. The lowest BCUT2D eigenvalue weighted by Crippen LogP contribution is -2.57. The summed E-state index contributed by atoms with van der Waals surface area (Å²) in [6.45, 7) is 14.5. The third-order valence-corrected chi connectivity index (χ3v) is 5.07. The summed E-state index contributed by atoms with van der Waals surface area (Å²) in [5.74, 6) is 0.738. The van der Waals surface area contributed by atoms with Crippen molar-refractivity contribution in [3.8, 4) is 0 Å². The number of benzene rings is 1. The first kappa shape index (κ1) is 20.6. The lowest BCUT2D eigenvalue weighted by atomic mass is 9.78. The van der Waals surface area contributed by atoms with E-state index in [0.717, 1.165) is 54.3 Å². The first-order valence-corrected chi connectivity index (χ1v) is 9.58. The van der Waals surface area contributed by atoms with Gasteiger partial charge in [0.2, 0.25) is 5.96 Å². The van der Waals surface area contributed by atoms with Crippen LogP contribution in [0.15, 0.2) is 22.1 Å². The van der Waals surface area contributed by atoms with Crippen LogP contribution in [0.2, 0.25) is 0 Å². The number of nitrogens with two attached hydrogens (primary N) is 1. The number of guanidine groups is 1. The van der Waals surface area contributed by atoms with E-state index in [0.29, 0.717) is 0 Å². The van der Waals surface area contributed by atoms with Crippen LogP contribution in [-0.4, -0.2) is 43.0 Å². The maximum Gasteiger partial charge on any atom is 0.223 e. The van der Waals surface area contributed by atoms with Crippen LogP contribution in [-0.2, 0) is 10.3 Å². The van der Waals surface area contributed by atoms with Crippen LogP contribution in [0.3, 0.4) is 0 Å². The third-order valence-electron chi connectivity index (χ3n) is 5.07. The quantitative estimate of drug-likeness (QED) is 0.843. The number of hydrogen-bond acceptors (Lipinski definition) is 5. The minimum absolute atomic E-state index is 0.494. The maximum atomic E-state index is 6.96. The van der Waals surface area contributed by atoms with Crippen molar-refractivity contribution >= 4 is 11.7 Å². The Hall–Kier alpha value is -1.72. The number of methoxy groups -OCH3 is 1. The molecule has 1 aromatic carbocycles. The predicted octanol–water partition coefficient (Wildman–Crippen LogP) is 3.69. The Morgan fingerprint density at radius 3 is 2.08 bits per heavy atom. The summed E-state index contributed by atoms with van der Waals surface area (Å²) >= 11 is 0. The van der Waals surface area contributed by atoms with E-state index in [4.69, 9.17) is 20.5 Å². The number of hydrogen-bond donors (Lipinski definition) is 1. The second-order valence-corrected chi connectivity index (χ2v) is 7.34. The summed E-state index contributed by atoms with van der Waals surface area (Å²) in [7, 11) is 1.68. The Bertz CT molecular complexity index is 681. The zero-order valence-corrected chi connectivity index (χ0v) is 17.4. The van der Waals surface area contributed by atoms with E-state index in [2.05, 4.69) is 51.7 Å². The van der Waals surface area contributed by atoms with E-state index in [-0.39, 0.29) is 0 Å². The highest BCUT2D eigenvalue weighted by molar-refractivity contribution is 6.04. The van der Waals surface area contributed by atoms with Crippen LogP contribution in [0, 0.1) is 20.8 Å². The molecular formula is C21H34N4O. The second-order valence-electron chi connectivity index (χ2n) is 7.34. The molecule has 0 aromatic heterocycles. The molecule has 0 saturated carbocycles. The van der Waals surface area contributed by atoms with Crippen molar-refractivity contribution in [3.05, 3.63) is 34.4 Å². The van der Waals surface area contributed by atoms with Crippen molar-refractivity contribution in [2.75, 3.05) is 20.2 Å². The summed E-state index contributed by atoms with van der Waals surface area (Å²) in [5.41, 5.74) is 11.6. The summed E-state index contributed by atoms with van der Waals surface area (Å²) in [4.78, 5) is 11.9. The van der Waals surface area contributed by atoms with Crippen LogP contribution >= 0.6 is 0 Å². The van der Waals surface area contributed by atoms with E-state index in [1.54, 1.807) is 7.11 Å². The van der Waals surface area contributed by atoms with Gasteiger partial charge in [-0.05, 0) is 57.2 Å². The van der Waals surface area contributed by atoms with E-state index < -0.39 is 11.8 Å². The molecule has 144 valence electrons. The molecule has 2 rings (SSSR count). The van der Waals surface area contributed by atoms with Gasteiger partial charge in [0, 0.05) is 25.9 Å². The van der Waals surface area contributed by atoms with Crippen molar-refractivity contribution in [3.63, 3.8) is 0 Å². The van der Waals surface area contributed by atoms with Crippen molar-refractivity contribution in [2.24, 2.45) is 15.7 Å². The molecule has 0 radical (unpaired) electrons. The van der Waals surface area contributed by atoms with Gasteiger partial charge < -0.3 is 15.4 Å². The number of nitrogens with zero attached hydrogens (tertiary/aromatic N) is 3. The van der Waals surface area contributed by atoms with Gasteiger partial charge in [-0.3, -0.25) is 0 Å². The first-order valence-electron chi connectivity index (χ1n) is 9.58. The molecule has 2 N–H and O–H groups in total. The molecule has 0 fully saturated rings. The molecule has 26 heavy (non-hydrogen) atoms. The molecule has 0 saturated heterocycles. The van der Waals surface area contributed by atoms with E-state index in [1.165, 1.54) is 5.56 Å². The zero-order valence-electron chi connectivity index (χ0n) is 17.4. The predicted molar refractivity (Wildman–Crippen MR) is 110 cm³/mol. The van der Waals surface area contributed by atoms with Gasteiger partial charge in [-0.25, -0.2) is 9.98 Å². The average molecular weight is 359 g/mol. The topological polar surface area (TPSA) is 63.2 Å². The largest absolute Gasteiger partial charge is 0.357 e. The molecule has 2 atom stereocenters. The van der Waals surface area contributed by atoms with E-state index in [1.807, 2.05) is 6.92 Å². The fourth-order valence-electron chi connectivity index (χ4n) is 4.04. The number of ether oxygens (including phenoxy) is 1. The Labute approximate surface area is 158 Å². The molecule has 1 heterocycles. The Morgan fingerprint density at radius 1 is 1.08 bits per heavy atom.